The number of hydrogen-bond acceptors (Lipinski definition) is 22. The van der Waals surface area contributed by atoms with Crippen molar-refractivity contribution in [3.05, 3.63) is 403 Å². The van der Waals surface area contributed by atoms with Gasteiger partial charge < -0.3 is 37.2 Å². The fraction of sp³-hybridized carbons (Fsp3) is 0.116. The molecule has 0 spiro atoms. The fourth-order valence-corrected chi connectivity index (χ4v) is 21.6. The molecule has 31 heteroatoms. The summed E-state index contributed by atoms with van der Waals surface area (Å²) in [7, 11) is 0. The second kappa shape index (κ2) is 47.2. The van der Waals surface area contributed by atoms with Crippen LogP contribution in [0.2, 0.25) is 0 Å². The number of amides is 7. The normalized spacial score (nSPS) is 10.7. The number of rotatable bonds is 15. The third-order valence-electron chi connectivity index (χ3n) is 21.8. The highest BCUT2D eigenvalue weighted by Gasteiger charge is 2.22. The summed E-state index contributed by atoms with van der Waals surface area (Å²) in [5.41, 5.74) is 19.4. The highest BCUT2D eigenvalue weighted by atomic mass is 79.9. The van der Waals surface area contributed by atoms with Crippen molar-refractivity contribution < 1.29 is 38.4 Å². The van der Waals surface area contributed by atoms with E-state index in [1.165, 1.54) is 86.3 Å². The lowest BCUT2D eigenvalue weighted by Crippen LogP contribution is -2.11. The predicted molar refractivity (Wildman–Crippen MR) is 600 cm³/mol. The van der Waals surface area contributed by atoms with Crippen molar-refractivity contribution in [2.45, 2.75) is 90.0 Å². The van der Waals surface area contributed by atoms with Crippen LogP contribution in [-0.4, -0.2) is 82.0 Å². The van der Waals surface area contributed by atoms with Crippen molar-refractivity contribution >= 4 is 274 Å². The maximum Gasteiger partial charge on any atom is 0.266 e. The van der Waals surface area contributed by atoms with Crippen molar-refractivity contribution in [3.8, 4) is 0 Å². The first-order valence-electron chi connectivity index (χ1n) is 44.9. The number of ketones is 1. The Bertz CT molecular complexity index is 8240. The average molecular weight is 2150 g/mol. The first kappa shape index (κ1) is 103. The van der Waals surface area contributed by atoms with Crippen molar-refractivity contribution in [2.75, 3.05) is 37.2 Å². The Morgan fingerprint density at radius 3 is 0.769 bits per heavy atom. The molecule has 0 unspecified atom stereocenters. The number of thiophene rings is 7. The Kier molecular flexibility index (Phi) is 33.9. The number of halogens is 2. The van der Waals surface area contributed by atoms with Crippen molar-refractivity contribution in [1.29, 1.82) is 0 Å². The minimum Gasteiger partial charge on any atom is -0.319 e. The van der Waals surface area contributed by atoms with Gasteiger partial charge in [0.1, 0.15) is 4.88 Å². The number of fused-ring (bicyclic) bond motifs is 7. The molecule has 0 atom stereocenters. The zero-order valence-electron chi connectivity index (χ0n) is 79.7. The van der Waals surface area contributed by atoms with Crippen LogP contribution < -0.4 is 37.2 Å². The number of pyridine rings is 7. The maximum atomic E-state index is 12.4. The number of Topliss-reactive ketones (excluding diaryl/α,β-unsaturated/α-hetero) is 1. The van der Waals surface area contributed by atoms with E-state index in [9.17, 15) is 38.4 Å². The van der Waals surface area contributed by atoms with Gasteiger partial charge in [0.2, 0.25) is 0 Å². The molecule has 0 bridgehead atoms. The third-order valence-corrected chi connectivity index (χ3v) is 30.9. The Morgan fingerprint density at radius 2 is 0.517 bits per heavy atom. The van der Waals surface area contributed by atoms with Crippen molar-refractivity contribution in [2.24, 2.45) is 0 Å². The molecule has 143 heavy (non-hydrogen) atoms. The minimum absolute atomic E-state index is 0.0356. The highest BCUT2D eigenvalue weighted by molar-refractivity contribution is 9.11. The van der Waals surface area contributed by atoms with Crippen LogP contribution in [0.15, 0.2) is 298 Å². The summed E-state index contributed by atoms with van der Waals surface area (Å²) in [6.07, 6.45) is 0. The van der Waals surface area contributed by atoms with E-state index in [-0.39, 0.29) is 47.1 Å². The van der Waals surface area contributed by atoms with Gasteiger partial charge >= 0.3 is 0 Å². The summed E-state index contributed by atoms with van der Waals surface area (Å²) in [6, 6.07) is 88.6. The molecule has 0 saturated heterocycles. The summed E-state index contributed by atoms with van der Waals surface area (Å²) in [4.78, 5) is 138. The lowest BCUT2D eigenvalue weighted by molar-refractivity contribution is 0.101. The number of anilines is 7. The molecule has 22 nitrogen and oxygen atoms in total. The minimum atomic E-state index is -0.228. The number of aryl methyl sites for hydroxylation is 12. The summed E-state index contributed by atoms with van der Waals surface area (Å²) in [5, 5.41) is 31.5. The molecule has 0 aliphatic rings. The number of carbonyl (C=O) groups is 8. The molecule has 0 aliphatic carbocycles. The average Bonchev–Trinajstić information content (AvgIpc) is 1.77. The topological polar surface area (TPSA) is 311 Å². The second-order valence-corrected chi connectivity index (χ2v) is 43.0. The summed E-state index contributed by atoms with van der Waals surface area (Å²) >= 11 is 16.8. The van der Waals surface area contributed by atoms with E-state index in [0.29, 0.717) is 39.8 Å². The molecular weight excluding hydrogens is 2050 g/mol. The molecule has 21 rings (SSSR count). The van der Waals surface area contributed by atoms with E-state index in [2.05, 4.69) is 104 Å². The van der Waals surface area contributed by atoms with Crippen molar-refractivity contribution in [3.63, 3.8) is 0 Å². The van der Waals surface area contributed by atoms with Gasteiger partial charge in [0, 0.05) is 96.7 Å². The van der Waals surface area contributed by atoms with E-state index in [4.69, 9.17) is 0 Å². The zero-order chi connectivity index (χ0) is 101. The van der Waals surface area contributed by atoms with Crippen molar-refractivity contribution in [1.82, 2.24) is 34.9 Å². The van der Waals surface area contributed by atoms with E-state index in [1.807, 2.05) is 361 Å². The van der Waals surface area contributed by atoms with Gasteiger partial charge in [-0.25, -0.2) is 0 Å². The first-order valence-corrected chi connectivity index (χ1v) is 52.3. The molecule has 0 radical (unpaired) electrons. The van der Waals surface area contributed by atoms with Crippen LogP contribution in [0.5, 0.6) is 0 Å². The molecule has 7 amide bonds. The van der Waals surface area contributed by atoms with Gasteiger partial charge in [0.25, 0.3) is 41.4 Å². The molecule has 7 N–H and O–H groups in total. The van der Waals surface area contributed by atoms with Crippen LogP contribution in [0.25, 0.3) is 76.3 Å². The molecule has 0 saturated carbocycles. The lowest BCUT2D eigenvalue weighted by Gasteiger charge is -2.08. The van der Waals surface area contributed by atoms with Crippen LogP contribution in [0.4, 0.5) is 39.8 Å². The standard InChI is InChI=1S/C17H14N2O2S.2C16H13BrN2OS.3C16H14N2OS.C15H12N2OS/c1-10-6-7-12-4-3-5-13(16(12)18-10)19-17(21)15-9-8-14(22-15)11(2)20;1-9-8-13(21-15(9)17)16(20)19-12-5-3-4-11-7-6-10(2)18-14(11)12;1-9-6-7-11-4-3-5-13(14(11)18-9)19-16(20)15-12(17)8-10(2)21-15;2*1-10-6-8-12-4-3-5-13(15(12)17-10)18-16(19)14-9-7-11(2)20-14;1-10-8-9-20-15(10)16(19)18-13-5-3-4-12-7-6-11(2)17-14(12)13;1-10-7-8-11-4-2-5-12(14(11)16-10)17-15(18)13-6-3-9-19-13/h3-9H,1-2H3,(H,19,21);2*3-8H,1-2H3,(H,19,20);3*3-9H,1-2H3,(H,18,19);2-9H,1H3,(H,17,18). The molecular formula is C112H94Br2N14O8S7. The molecule has 7 aromatic carbocycles. The lowest BCUT2D eigenvalue weighted by atomic mass is 10.1. The van der Waals surface area contributed by atoms with Crippen LogP contribution in [0.1, 0.15) is 150 Å². The highest BCUT2D eigenvalue weighted by Crippen LogP contribution is 2.36. The molecule has 716 valence electrons. The number of nitrogens with one attached hydrogen (secondary N) is 7. The van der Waals surface area contributed by atoms with E-state index >= 15 is 0 Å². The number of hydrogen-bond donors (Lipinski definition) is 7. The number of aromatic nitrogens is 7. The maximum absolute atomic E-state index is 12.4. The van der Waals surface area contributed by atoms with Gasteiger partial charge in [0.05, 0.1) is 116 Å². The molecule has 14 heterocycles. The largest absolute Gasteiger partial charge is 0.319 e. The van der Waals surface area contributed by atoms with Crippen LogP contribution in [0.3, 0.4) is 0 Å². The summed E-state index contributed by atoms with van der Waals surface area (Å²) in [6.45, 7) is 24.9. The van der Waals surface area contributed by atoms with Gasteiger partial charge in [0.15, 0.2) is 5.78 Å². The first-order chi connectivity index (χ1) is 68.8. The second-order valence-electron chi connectivity index (χ2n) is 33.0. The Balaban J connectivity index is 0.000000126. The number of benzene rings is 7. The van der Waals surface area contributed by atoms with Crippen LogP contribution in [0, 0.1) is 83.1 Å². The molecule has 14 aromatic heterocycles. The van der Waals surface area contributed by atoms with Gasteiger partial charge in [-0.1, -0.05) is 133 Å². The SMILES string of the molecule is CC(=O)c1ccc(C(=O)Nc2cccc3ccc(C)nc23)s1.Cc1ccc2cccc(NC(=O)c3cc(C)c(Br)s3)c2n1.Cc1ccc2cccc(NC(=O)c3ccc(C)s3)c2n1.Cc1ccc2cccc(NC(=O)c3ccc(C)s3)c2n1.Cc1ccc2cccc(NC(=O)c3cccs3)c2n1.Cc1ccc2cccc(NC(=O)c3sc(C)cc3Br)c2n1.Cc1ccc2cccc(NC(=O)c3sccc3C)c2n1. The molecule has 0 aliphatic heterocycles. The Morgan fingerprint density at radius 1 is 0.231 bits per heavy atom. The summed E-state index contributed by atoms with van der Waals surface area (Å²) < 4.78 is 1.81. The van der Waals surface area contributed by atoms with Gasteiger partial charge in [-0.05, 0) is 289 Å². The number of nitrogens with zero attached hydrogens (tertiary/aromatic N) is 7. The number of para-hydroxylation sites is 7. The Labute approximate surface area is 870 Å². The predicted octanol–water partition coefficient (Wildman–Crippen LogP) is 30.3. The van der Waals surface area contributed by atoms with Crippen LogP contribution in [-0.2, 0) is 0 Å². The van der Waals surface area contributed by atoms with E-state index in [0.717, 1.165) is 189 Å². The zero-order valence-corrected chi connectivity index (χ0v) is 88.6. The van der Waals surface area contributed by atoms with Crippen LogP contribution >= 0.6 is 111 Å². The quantitative estimate of drug-likeness (QED) is 0.0469. The Hall–Kier alpha value is -14.8. The third kappa shape index (κ3) is 26.5. The van der Waals surface area contributed by atoms with E-state index in [1.54, 1.807) is 12.1 Å². The summed E-state index contributed by atoms with van der Waals surface area (Å²) in [5.74, 6) is -0.822. The van der Waals surface area contributed by atoms with E-state index < -0.39 is 0 Å². The van der Waals surface area contributed by atoms with Gasteiger partial charge in [-0.3, -0.25) is 73.2 Å². The monoisotopic (exact) mass is 2140 g/mol. The fourth-order valence-electron chi connectivity index (χ4n) is 14.7. The molecule has 21 aromatic rings. The smallest absolute Gasteiger partial charge is 0.266 e. The van der Waals surface area contributed by atoms with Gasteiger partial charge in [-0.15, -0.1) is 79.4 Å². The number of carbonyl (C=O) groups excluding carboxylic acids is 8. The van der Waals surface area contributed by atoms with Gasteiger partial charge in [-0.2, -0.15) is 0 Å². The molecule has 0 fully saturated rings.